The van der Waals surface area contributed by atoms with E-state index in [1.54, 1.807) is 6.20 Å². The van der Waals surface area contributed by atoms with Crippen LogP contribution in [0.2, 0.25) is 0 Å². The van der Waals surface area contributed by atoms with Crippen molar-refractivity contribution >= 4 is 0 Å². The van der Waals surface area contributed by atoms with Crippen LogP contribution in [0.15, 0.2) is 29.8 Å². The zero-order valence-corrected chi connectivity index (χ0v) is 7.53. The van der Waals surface area contributed by atoms with Crippen LogP contribution in [0.25, 0.3) is 0 Å². The summed E-state index contributed by atoms with van der Waals surface area (Å²) in [5, 5.41) is 3.20. The van der Waals surface area contributed by atoms with Crippen LogP contribution in [0.3, 0.4) is 0 Å². The Morgan fingerprint density at radius 3 is 3.31 bits per heavy atom. The van der Waals surface area contributed by atoms with Gasteiger partial charge in [-0.1, -0.05) is 6.58 Å². The third-order valence-corrected chi connectivity index (χ3v) is 1.52. The predicted octanol–water partition coefficient (Wildman–Crippen LogP) is 1.31. The molecule has 0 saturated heterocycles. The summed E-state index contributed by atoms with van der Waals surface area (Å²) in [5.74, 6) is 0.852. The standard InChI is InChI=1S/C9H14N2O2/c1-2-12-5-3-4-10-6-9-7-11-8-13-9/h2,7-8,10H,1,3-6H2. The molecule has 0 fully saturated rings. The van der Waals surface area contributed by atoms with Gasteiger partial charge in [0.1, 0.15) is 5.76 Å². The smallest absolute Gasteiger partial charge is 0.180 e. The molecule has 4 nitrogen and oxygen atoms in total. The molecular formula is C9H14N2O2. The Morgan fingerprint density at radius 1 is 1.69 bits per heavy atom. The lowest BCUT2D eigenvalue weighted by Crippen LogP contribution is -2.15. The summed E-state index contributed by atoms with van der Waals surface area (Å²) < 4.78 is 10.00. The maximum absolute atomic E-state index is 5.04. The van der Waals surface area contributed by atoms with Crippen molar-refractivity contribution < 1.29 is 9.15 Å². The molecule has 0 aromatic carbocycles. The highest BCUT2D eigenvalue weighted by molar-refractivity contribution is 4.86. The maximum atomic E-state index is 5.04. The van der Waals surface area contributed by atoms with Gasteiger partial charge in [0, 0.05) is 0 Å². The zero-order valence-electron chi connectivity index (χ0n) is 7.53. The van der Waals surface area contributed by atoms with Crippen LogP contribution in [-0.4, -0.2) is 18.1 Å². The van der Waals surface area contributed by atoms with Crippen LogP contribution in [0.1, 0.15) is 12.2 Å². The molecule has 0 amide bonds. The highest BCUT2D eigenvalue weighted by Crippen LogP contribution is 1.94. The SMILES string of the molecule is C=COCCCNCc1cnco1. The average Bonchev–Trinajstić information content (AvgIpc) is 2.63. The molecule has 4 heteroatoms. The molecule has 1 aromatic heterocycles. The highest BCUT2D eigenvalue weighted by Gasteiger charge is 1.94. The molecule has 13 heavy (non-hydrogen) atoms. The summed E-state index contributed by atoms with van der Waals surface area (Å²) in [5.41, 5.74) is 0. The van der Waals surface area contributed by atoms with Crippen LogP contribution < -0.4 is 5.32 Å². The van der Waals surface area contributed by atoms with Crippen LogP contribution in [0.4, 0.5) is 0 Å². The number of aromatic nitrogens is 1. The van der Waals surface area contributed by atoms with E-state index in [0.29, 0.717) is 13.2 Å². The Labute approximate surface area is 77.6 Å². The first kappa shape index (κ1) is 9.80. The van der Waals surface area contributed by atoms with Crippen molar-refractivity contribution in [1.29, 1.82) is 0 Å². The minimum atomic E-state index is 0.701. The Morgan fingerprint density at radius 2 is 2.62 bits per heavy atom. The second-order valence-corrected chi connectivity index (χ2v) is 2.54. The van der Waals surface area contributed by atoms with E-state index in [4.69, 9.17) is 9.15 Å². The van der Waals surface area contributed by atoms with Gasteiger partial charge >= 0.3 is 0 Å². The third kappa shape index (κ3) is 4.32. The molecule has 0 aliphatic rings. The first-order valence-corrected chi connectivity index (χ1v) is 4.24. The number of hydrogen-bond donors (Lipinski definition) is 1. The van der Waals surface area contributed by atoms with E-state index in [2.05, 4.69) is 16.9 Å². The Balaban J connectivity index is 1.93. The van der Waals surface area contributed by atoms with Gasteiger partial charge in [0.2, 0.25) is 0 Å². The molecule has 0 radical (unpaired) electrons. The number of rotatable bonds is 7. The Kier molecular flexibility index (Phi) is 4.71. The normalized spacial score (nSPS) is 9.85. The number of nitrogens with zero attached hydrogens (tertiary/aromatic N) is 1. The fourth-order valence-electron chi connectivity index (χ4n) is 0.905. The van der Waals surface area contributed by atoms with Gasteiger partial charge in [-0.3, -0.25) is 0 Å². The topological polar surface area (TPSA) is 47.3 Å². The minimum Gasteiger partial charge on any atom is -0.502 e. The van der Waals surface area contributed by atoms with Crippen LogP contribution >= 0.6 is 0 Å². The van der Waals surface area contributed by atoms with Gasteiger partial charge in [-0.2, -0.15) is 0 Å². The molecule has 0 unspecified atom stereocenters. The highest BCUT2D eigenvalue weighted by atomic mass is 16.5. The maximum Gasteiger partial charge on any atom is 0.180 e. The second kappa shape index (κ2) is 6.25. The first-order chi connectivity index (χ1) is 6.43. The minimum absolute atomic E-state index is 0.701. The number of hydrogen-bond acceptors (Lipinski definition) is 4. The molecule has 0 spiro atoms. The van der Waals surface area contributed by atoms with E-state index in [1.807, 2.05) is 0 Å². The summed E-state index contributed by atoms with van der Waals surface area (Å²) in [7, 11) is 0. The summed E-state index contributed by atoms with van der Waals surface area (Å²) >= 11 is 0. The van der Waals surface area contributed by atoms with Gasteiger partial charge in [-0.25, -0.2) is 4.98 Å². The van der Waals surface area contributed by atoms with Gasteiger partial charge in [0.05, 0.1) is 25.6 Å². The van der Waals surface area contributed by atoms with Crippen molar-refractivity contribution in [3.8, 4) is 0 Å². The van der Waals surface area contributed by atoms with E-state index in [1.165, 1.54) is 12.7 Å². The summed E-state index contributed by atoms with van der Waals surface area (Å²) in [6.45, 7) is 5.77. The van der Waals surface area contributed by atoms with Crippen LogP contribution in [-0.2, 0) is 11.3 Å². The van der Waals surface area contributed by atoms with Crippen molar-refractivity contribution in [2.24, 2.45) is 0 Å². The molecule has 0 atom stereocenters. The molecular weight excluding hydrogens is 168 g/mol. The monoisotopic (exact) mass is 182 g/mol. The van der Waals surface area contributed by atoms with E-state index in [9.17, 15) is 0 Å². The van der Waals surface area contributed by atoms with Crippen molar-refractivity contribution in [3.63, 3.8) is 0 Å². The quantitative estimate of drug-likeness (QED) is 0.510. The van der Waals surface area contributed by atoms with Gasteiger partial charge in [-0.05, 0) is 13.0 Å². The summed E-state index contributed by atoms with van der Waals surface area (Å²) in [4.78, 5) is 3.81. The number of nitrogens with one attached hydrogen (secondary N) is 1. The van der Waals surface area contributed by atoms with Crippen molar-refractivity contribution in [2.75, 3.05) is 13.2 Å². The average molecular weight is 182 g/mol. The van der Waals surface area contributed by atoms with Crippen LogP contribution in [0.5, 0.6) is 0 Å². The van der Waals surface area contributed by atoms with Gasteiger partial charge in [0.15, 0.2) is 6.39 Å². The fourth-order valence-corrected chi connectivity index (χ4v) is 0.905. The van der Waals surface area contributed by atoms with Crippen molar-refractivity contribution in [1.82, 2.24) is 10.3 Å². The largest absolute Gasteiger partial charge is 0.502 e. The molecule has 0 aliphatic heterocycles. The fraction of sp³-hybridized carbons (Fsp3) is 0.444. The summed E-state index contributed by atoms with van der Waals surface area (Å²) in [6, 6.07) is 0. The van der Waals surface area contributed by atoms with Crippen LogP contribution in [0, 0.1) is 0 Å². The van der Waals surface area contributed by atoms with E-state index < -0.39 is 0 Å². The molecule has 0 bridgehead atoms. The molecule has 0 aliphatic carbocycles. The van der Waals surface area contributed by atoms with E-state index in [0.717, 1.165) is 18.7 Å². The van der Waals surface area contributed by atoms with E-state index >= 15 is 0 Å². The molecule has 1 N–H and O–H groups in total. The van der Waals surface area contributed by atoms with Crippen molar-refractivity contribution in [3.05, 3.63) is 31.2 Å². The summed E-state index contributed by atoms with van der Waals surface area (Å²) in [6.07, 6.45) is 5.54. The Bertz CT molecular complexity index is 222. The van der Waals surface area contributed by atoms with Gasteiger partial charge < -0.3 is 14.5 Å². The van der Waals surface area contributed by atoms with E-state index in [-0.39, 0.29) is 0 Å². The molecule has 0 saturated carbocycles. The molecule has 1 rings (SSSR count). The lowest BCUT2D eigenvalue weighted by Gasteiger charge is -2.01. The zero-order chi connectivity index (χ0) is 9.36. The Hall–Kier alpha value is -1.29. The second-order valence-electron chi connectivity index (χ2n) is 2.54. The molecule has 1 heterocycles. The first-order valence-electron chi connectivity index (χ1n) is 4.24. The third-order valence-electron chi connectivity index (χ3n) is 1.52. The number of oxazole rings is 1. The lowest BCUT2D eigenvalue weighted by atomic mass is 10.4. The lowest BCUT2D eigenvalue weighted by molar-refractivity contribution is 0.244. The number of ether oxygens (including phenoxy) is 1. The van der Waals surface area contributed by atoms with Gasteiger partial charge in [0.25, 0.3) is 0 Å². The van der Waals surface area contributed by atoms with Crippen molar-refractivity contribution in [2.45, 2.75) is 13.0 Å². The predicted molar refractivity (Wildman–Crippen MR) is 49.0 cm³/mol. The molecule has 72 valence electrons. The molecule has 1 aromatic rings. The van der Waals surface area contributed by atoms with Gasteiger partial charge in [-0.15, -0.1) is 0 Å².